The third-order valence-corrected chi connectivity index (χ3v) is 4.92. The normalized spacial score (nSPS) is 35.0. The zero-order valence-electron chi connectivity index (χ0n) is 13.0. The molecule has 6 nitrogen and oxygen atoms in total. The van der Waals surface area contributed by atoms with Crippen LogP contribution in [-0.2, 0) is 10.3 Å². The van der Waals surface area contributed by atoms with Gasteiger partial charge < -0.3 is 15.0 Å². The Morgan fingerprint density at radius 1 is 1.38 bits per heavy atom. The van der Waals surface area contributed by atoms with Crippen molar-refractivity contribution < 1.29 is 9.26 Å². The predicted molar refractivity (Wildman–Crippen MR) is 78.6 cm³/mol. The highest BCUT2D eigenvalue weighted by Gasteiger charge is 2.38. The number of rotatable bonds is 3. The molecule has 118 valence electrons. The molecule has 1 atom stereocenters. The summed E-state index contributed by atoms with van der Waals surface area (Å²) in [5.41, 5.74) is 6.04. The lowest BCUT2D eigenvalue weighted by atomic mass is 9.78. The fourth-order valence-corrected chi connectivity index (χ4v) is 3.20. The van der Waals surface area contributed by atoms with E-state index in [-0.39, 0.29) is 6.10 Å². The molecule has 1 saturated heterocycles. The van der Waals surface area contributed by atoms with Crippen LogP contribution in [0.4, 0.5) is 0 Å². The second-order valence-corrected chi connectivity index (χ2v) is 6.55. The van der Waals surface area contributed by atoms with Crippen LogP contribution in [-0.4, -0.2) is 41.3 Å². The zero-order valence-corrected chi connectivity index (χ0v) is 13.0. The number of aromatic nitrogens is 2. The molecule has 1 aliphatic heterocycles. The number of morpholine rings is 1. The Morgan fingerprint density at radius 3 is 2.86 bits per heavy atom. The van der Waals surface area contributed by atoms with Gasteiger partial charge in [-0.15, -0.1) is 0 Å². The Balaban J connectivity index is 1.71. The second kappa shape index (κ2) is 6.02. The second-order valence-electron chi connectivity index (χ2n) is 6.55. The highest BCUT2D eigenvalue weighted by Crippen LogP contribution is 2.37. The highest BCUT2D eigenvalue weighted by molar-refractivity contribution is 5.06. The fourth-order valence-electron chi connectivity index (χ4n) is 3.20. The van der Waals surface area contributed by atoms with Crippen LogP contribution in [0.5, 0.6) is 0 Å². The van der Waals surface area contributed by atoms with Crippen LogP contribution < -0.4 is 5.73 Å². The van der Waals surface area contributed by atoms with Gasteiger partial charge in [0.2, 0.25) is 11.7 Å². The molecule has 2 heterocycles. The van der Waals surface area contributed by atoms with Crippen molar-refractivity contribution in [3.8, 4) is 0 Å². The van der Waals surface area contributed by atoms with Crippen LogP contribution in [0, 0.1) is 5.92 Å². The quantitative estimate of drug-likeness (QED) is 0.916. The Hall–Kier alpha value is -0.980. The van der Waals surface area contributed by atoms with Crippen molar-refractivity contribution in [2.75, 3.05) is 26.2 Å². The van der Waals surface area contributed by atoms with Crippen LogP contribution in [0.15, 0.2) is 4.52 Å². The van der Waals surface area contributed by atoms with Gasteiger partial charge >= 0.3 is 0 Å². The van der Waals surface area contributed by atoms with Crippen LogP contribution in [0.1, 0.15) is 57.3 Å². The largest absolute Gasteiger partial charge is 0.367 e. The molecule has 1 unspecified atom stereocenters. The van der Waals surface area contributed by atoms with Crippen molar-refractivity contribution in [1.82, 2.24) is 15.0 Å². The summed E-state index contributed by atoms with van der Waals surface area (Å²) in [7, 11) is 0. The number of nitrogens with two attached hydrogens (primary N) is 1. The number of hydrogen-bond donors (Lipinski definition) is 1. The Kier molecular flexibility index (Phi) is 4.28. The van der Waals surface area contributed by atoms with E-state index in [1.54, 1.807) is 0 Å². The molecule has 0 spiro atoms. The van der Waals surface area contributed by atoms with Crippen LogP contribution in [0.25, 0.3) is 0 Å². The molecule has 0 amide bonds. The molecule has 2 aliphatic rings. The average Bonchev–Trinajstić information content (AvgIpc) is 3.01. The van der Waals surface area contributed by atoms with Gasteiger partial charge in [0.25, 0.3) is 0 Å². The van der Waals surface area contributed by atoms with Gasteiger partial charge in [0.1, 0.15) is 6.10 Å². The lowest BCUT2D eigenvalue weighted by molar-refractivity contribution is -0.0334. The maximum absolute atomic E-state index is 6.49. The average molecular weight is 294 g/mol. The van der Waals surface area contributed by atoms with E-state index in [9.17, 15) is 0 Å². The molecule has 6 heteroatoms. The third kappa shape index (κ3) is 3.12. The number of likely N-dealkylation sites (N-methyl/N-ethyl adjacent to an activating group) is 1. The summed E-state index contributed by atoms with van der Waals surface area (Å²) in [5.74, 6) is 1.97. The lowest BCUT2D eigenvalue weighted by Gasteiger charge is -2.32. The van der Waals surface area contributed by atoms with Gasteiger partial charge in [-0.3, -0.25) is 4.90 Å². The number of ether oxygens (including phenoxy) is 1. The summed E-state index contributed by atoms with van der Waals surface area (Å²) >= 11 is 0. The Labute approximate surface area is 126 Å². The molecular formula is C15H26N4O2. The number of nitrogens with zero attached hydrogens (tertiary/aromatic N) is 3. The minimum Gasteiger partial charge on any atom is -0.367 e. The van der Waals surface area contributed by atoms with E-state index >= 15 is 0 Å². The molecule has 21 heavy (non-hydrogen) atoms. The maximum atomic E-state index is 6.49. The fraction of sp³-hybridized carbons (Fsp3) is 0.867. The molecule has 0 aromatic carbocycles. The van der Waals surface area contributed by atoms with E-state index in [4.69, 9.17) is 15.0 Å². The summed E-state index contributed by atoms with van der Waals surface area (Å²) in [6.45, 7) is 7.95. The minimum absolute atomic E-state index is 0.0951. The van der Waals surface area contributed by atoms with E-state index < -0.39 is 5.54 Å². The van der Waals surface area contributed by atoms with Crippen molar-refractivity contribution in [1.29, 1.82) is 0 Å². The summed E-state index contributed by atoms with van der Waals surface area (Å²) in [4.78, 5) is 6.91. The Morgan fingerprint density at radius 2 is 2.14 bits per heavy atom. The van der Waals surface area contributed by atoms with Gasteiger partial charge in [0, 0.05) is 13.1 Å². The zero-order chi connectivity index (χ0) is 14.9. The molecule has 2 N–H and O–H groups in total. The van der Waals surface area contributed by atoms with Crippen molar-refractivity contribution in [2.45, 2.75) is 51.2 Å². The topological polar surface area (TPSA) is 77.4 Å². The van der Waals surface area contributed by atoms with Crippen molar-refractivity contribution >= 4 is 0 Å². The van der Waals surface area contributed by atoms with Gasteiger partial charge in [-0.25, -0.2) is 0 Å². The van der Waals surface area contributed by atoms with Gasteiger partial charge in [-0.2, -0.15) is 4.98 Å². The summed E-state index contributed by atoms with van der Waals surface area (Å²) in [5, 5.41) is 4.13. The molecule has 1 saturated carbocycles. The van der Waals surface area contributed by atoms with E-state index in [0.717, 1.165) is 51.2 Å². The van der Waals surface area contributed by atoms with Crippen molar-refractivity contribution in [3.05, 3.63) is 11.7 Å². The first-order valence-electron chi connectivity index (χ1n) is 8.07. The molecular weight excluding hydrogens is 268 g/mol. The minimum atomic E-state index is -0.448. The first kappa shape index (κ1) is 14.9. The third-order valence-electron chi connectivity index (χ3n) is 4.92. The maximum Gasteiger partial charge on any atom is 0.246 e. The van der Waals surface area contributed by atoms with E-state index in [0.29, 0.717) is 18.3 Å². The monoisotopic (exact) mass is 294 g/mol. The van der Waals surface area contributed by atoms with Gasteiger partial charge in [0.15, 0.2) is 0 Å². The smallest absolute Gasteiger partial charge is 0.246 e. The first-order chi connectivity index (χ1) is 10.1. The lowest BCUT2D eigenvalue weighted by Crippen LogP contribution is -2.41. The standard InChI is InChI=1S/C15H26N4O2/c1-3-19-8-9-20-12(10-19)13-17-14(21-18-13)15(16)6-4-11(2)5-7-15/h11-12H,3-10,16H2,1-2H3. The van der Waals surface area contributed by atoms with Crippen molar-refractivity contribution in [3.63, 3.8) is 0 Å². The molecule has 1 aromatic heterocycles. The summed E-state index contributed by atoms with van der Waals surface area (Å²) < 4.78 is 11.3. The van der Waals surface area contributed by atoms with E-state index in [2.05, 4.69) is 28.9 Å². The predicted octanol–water partition coefficient (Wildman–Crippen LogP) is 1.83. The van der Waals surface area contributed by atoms with E-state index in [1.807, 2.05) is 0 Å². The van der Waals surface area contributed by atoms with Crippen molar-refractivity contribution in [2.24, 2.45) is 11.7 Å². The van der Waals surface area contributed by atoms with Crippen LogP contribution in [0.2, 0.25) is 0 Å². The summed E-state index contributed by atoms with van der Waals surface area (Å²) in [6.07, 6.45) is 3.99. The summed E-state index contributed by atoms with van der Waals surface area (Å²) in [6, 6.07) is 0. The highest BCUT2D eigenvalue weighted by atomic mass is 16.5. The van der Waals surface area contributed by atoms with Gasteiger partial charge in [0.05, 0.1) is 12.1 Å². The van der Waals surface area contributed by atoms with Crippen LogP contribution >= 0.6 is 0 Å². The van der Waals surface area contributed by atoms with Crippen LogP contribution in [0.3, 0.4) is 0 Å². The van der Waals surface area contributed by atoms with E-state index in [1.165, 1.54) is 0 Å². The Bertz CT molecular complexity index is 468. The molecule has 0 bridgehead atoms. The molecule has 2 fully saturated rings. The van der Waals surface area contributed by atoms with Gasteiger partial charge in [-0.05, 0) is 38.1 Å². The molecule has 3 rings (SSSR count). The molecule has 1 aliphatic carbocycles. The molecule has 0 radical (unpaired) electrons. The SMILES string of the molecule is CCN1CCOC(c2noc(C3(N)CCC(C)CC3)n2)C1. The number of hydrogen-bond acceptors (Lipinski definition) is 6. The van der Waals surface area contributed by atoms with Gasteiger partial charge in [-0.1, -0.05) is 19.0 Å². The molecule has 1 aromatic rings. The first-order valence-corrected chi connectivity index (χ1v) is 8.07.